The molecule has 9 nitrogen and oxygen atoms in total. The second-order valence-corrected chi connectivity index (χ2v) is 7.57. The predicted octanol–water partition coefficient (Wildman–Crippen LogP) is 0.103. The van der Waals surface area contributed by atoms with Crippen molar-refractivity contribution in [2.75, 3.05) is 36.8 Å². The summed E-state index contributed by atoms with van der Waals surface area (Å²) in [5.74, 6) is 0.928. The quantitative estimate of drug-likeness (QED) is 0.762. The molecule has 3 heterocycles. The molecule has 0 spiro atoms. The van der Waals surface area contributed by atoms with E-state index in [2.05, 4.69) is 25.2 Å². The van der Waals surface area contributed by atoms with Crippen LogP contribution in [-0.2, 0) is 16.6 Å². The van der Waals surface area contributed by atoms with Gasteiger partial charge in [0.2, 0.25) is 10.0 Å². The number of piperazine rings is 1. The van der Waals surface area contributed by atoms with Crippen LogP contribution in [-0.4, -0.2) is 69.6 Å². The van der Waals surface area contributed by atoms with Gasteiger partial charge in [-0.15, -0.1) is 5.10 Å². The van der Waals surface area contributed by atoms with Crippen molar-refractivity contribution >= 4 is 27.0 Å². The van der Waals surface area contributed by atoms with Crippen molar-refractivity contribution in [2.24, 2.45) is 0 Å². The molecule has 3 rings (SSSR count). The molecule has 2 aromatic rings. The number of aromatic nitrogens is 5. The zero-order valence-electron chi connectivity index (χ0n) is 13.4. The first-order valence-corrected chi connectivity index (χ1v) is 9.44. The average molecular weight is 339 g/mol. The molecule has 0 radical (unpaired) electrons. The fourth-order valence-corrected chi connectivity index (χ4v) is 4.28. The van der Waals surface area contributed by atoms with E-state index >= 15 is 0 Å². The highest BCUT2D eigenvalue weighted by Gasteiger charge is 2.28. The lowest BCUT2D eigenvalue weighted by Crippen LogP contribution is -2.49. The molecular formula is C13H21N7O2S. The Kier molecular flexibility index (Phi) is 4.44. The maximum Gasteiger partial charge on any atom is 0.214 e. The van der Waals surface area contributed by atoms with Crippen LogP contribution in [0.5, 0.6) is 0 Å². The lowest BCUT2D eigenvalue weighted by Gasteiger charge is -2.34. The van der Waals surface area contributed by atoms with E-state index in [4.69, 9.17) is 0 Å². The second-order valence-electron chi connectivity index (χ2n) is 5.48. The predicted molar refractivity (Wildman–Crippen MR) is 86.7 cm³/mol. The van der Waals surface area contributed by atoms with Gasteiger partial charge in [0.05, 0.1) is 5.75 Å². The second kappa shape index (κ2) is 6.36. The van der Waals surface area contributed by atoms with Gasteiger partial charge in [0.15, 0.2) is 17.0 Å². The van der Waals surface area contributed by atoms with E-state index in [1.807, 2.05) is 13.8 Å². The van der Waals surface area contributed by atoms with Gasteiger partial charge < -0.3 is 4.90 Å². The number of fused-ring (bicyclic) bond motifs is 1. The van der Waals surface area contributed by atoms with Crippen molar-refractivity contribution in [1.82, 2.24) is 29.3 Å². The lowest BCUT2D eigenvalue weighted by molar-refractivity contribution is 0.384. The molecule has 23 heavy (non-hydrogen) atoms. The summed E-state index contributed by atoms with van der Waals surface area (Å²) in [6.45, 7) is 6.67. The van der Waals surface area contributed by atoms with Crippen LogP contribution >= 0.6 is 0 Å². The molecule has 0 N–H and O–H groups in total. The number of nitrogens with zero attached hydrogens (tertiary/aromatic N) is 7. The molecule has 1 aliphatic rings. The zero-order valence-corrected chi connectivity index (χ0v) is 14.2. The third kappa shape index (κ3) is 3.00. The summed E-state index contributed by atoms with van der Waals surface area (Å²) in [6.07, 6.45) is 2.14. The maximum atomic E-state index is 12.1. The van der Waals surface area contributed by atoms with Crippen LogP contribution in [0.3, 0.4) is 0 Å². The van der Waals surface area contributed by atoms with E-state index < -0.39 is 10.0 Å². The Labute approximate surface area is 135 Å². The van der Waals surface area contributed by atoms with Crippen molar-refractivity contribution in [1.29, 1.82) is 0 Å². The first-order valence-electron chi connectivity index (χ1n) is 7.83. The molecule has 1 saturated heterocycles. The minimum absolute atomic E-state index is 0.204. The first kappa shape index (κ1) is 16.1. The van der Waals surface area contributed by atoms with Crippen molar-refractivity contribution in [3.05, 3.63) is 6.33 Å². The van der Waals surface area contributed by atoms with Crippen molar-refractivity contribution < 1.29 is 8.42 Å². The van der Waals surface area contributed by atoms with Crippen LogP contribution < -0.4 is 4.90 Å². The number of anilines is 1. The SMILES string of the molecule is CCCS(=O)(=O)N1CCN(c2ncnc3c2nnn3CC)CC1. The molecule has 0 amide bonds. The average Bonchev–Trinajstić information content (AvgIpc) is 2.98. The van der Waals surface area contributed by atoms with E-state index in [0.29, 0.717) is 50.3 Å². The van der Waals surface area contributed by atoms with Crippen molar-refractivity contribution in [3.8, 4) is 0 Å². The van der Waals surface area contributed by atoms with E-state index in [1.54, 1.807) is 8.99 Å². The van der Waals surface area contributed by atoms with Gasteiger partial charge in [0, 0.05) is 32.7 Å². The summed E-state index contributed by atoms with van der Waals surface area (Å²) in [5, 5.41) is 8.26. The lowest BCUT2D eigenvalue weighted by atomic mass is 10.3. The zero-order chi connectivity index (χ0) is 16.4. The number of sulfonamides is 1. The van der Waals surface area contributed by atoms with Crippen molar-refractivity contribution in [3.63, 3.8) is 0 Å². The molecule has 0 unspecified atom stereocenters. The van der Waals surface area contributed by atoms with Gasteiger partial charge in [0.1, 0.15) is 6.33 Å². The first-order chi connectivity index (χ1) is 11.1. The Balaban J connectivity index is 1.79. The van der Waals surface area contributed by atoms with Crippen LogP contribution in [0.15, 0.2) is 6.33 Å². The number of rotatable bonds is 5. The number of hydrogen-bond donors (Lipinski definition) is 0. The van der Waals surface area contributed by atoms with Gasteiger partial charge in [-0.3, -0.25) is 0 Å². The van der Waals surface area contributed by atoms with E-state index in [0.717, 1.165) is 5.82 Å². The van der Waals surface area contributed by atoms with Crippen LogP contribution in [0, 0.1) is 0 Å². The highest BCUT2D eigenvalue weighted by atomic mass is 32.2. The molecule has 1 aliphatic heterocycles. The standard InChI is InChI=1S/C13H21N7O2S/c1-3-9-23(21,22)19-7-5-18(6-8-19)12-11-13(15-10-14-12)20(4-2)17-16-11/h10H,3-9H2,1-2H3. The summed E-state index contributed by atoms with van der Waals surface area (Å²) < 4.78 is 27.6. The summed E-state index contributed by atoms with van der Waals surface area (Å²) in [7, 11) is -3.14. The summed E-state index contributed by atoms with van der Waals surface area (Å²) >= 11 is 0. The van der Waals surface area contributed by atoms with E-state index in [9.17, 15) is 8.42 Å². The van der Waals surface area contributed by atoms with E-state index in [-0.39, 0.29) is 5.75 Å². The summed E-state index contributed by atoms with van der Waals surface area (Å²) in [6, 6.07) is 0. The van der Waals surface area contributed by atoms with Gasteiger partial charge in [-0.05, 0) is 13.3 Å². The van der Waals surface area contributed by atoms with Gasteiger partial charge in [0.25, 0.3) is 0 Å². The molecule has 126 valence electrons. The van der Waals surface area contributed by atoms with E-state index in [1.165, 1.54) is 6.33 Å². The maximum absolute atomic E-state index is 12.1. The van der Waals surface area contributed by atoms with Gasteiger partial charge in [-0.2, -0.15) is 4.31 Å². The smallest absolute Gasteiger partial charge is 0.214 e. The summed E-state index contributed by atoms with van der Waals surface area (Å²) in [4.78, 5) is 10.6. The fraction of sp³-hybridized carbons (Fsp3) is 0.692. The number of hydrogen-bond acceptors (Lipinski definition) is 7. The minimum atomic E-state index is -3.14. The Morgan fingerprint density at radius 3 is 2.52 bits per heavy atom. The van der Waals surface area contributed by atoms with Gasteiger partial charge >= 0.3 is 0 Å². The van der Waals surface area contributed by atoms with Crippen LogP contribution in [0.2, 0.25) is 0 Å². The third-order valence-corrected chi connectivity index (χ3v) is 6.05. The minimum Gasteiger partial charge on any atom is -0.352 e. The van der Waals surface area contributed by atoms with Crippen LogP contribution in [0.1, 0.15) is 20.3 Å². The Hall–Kier alpha value is -1.81. The number of aryl methyl sites for hydroxylation is 1. The van der Waals surface area contributed by atoms with Gasteiger partial charge in [-0.25, -0.2) is 23.1 Å². The van der Waals surface area contributed by atoms with Crippen LogP contribution in [0.4, 0.5) is 5.82 Å². The van der Waals surface area contributed by atoms with Gasteiger partial charge in [-0.1, -0.05) is 12.1 Å². The molecule has 10 heteroatoms. The monoisotopic (exact) mass is 339 g/mol. The molecule has 0 aliphatic carbocycles. The Bertz CT molecular complexity index is 781. The van der Waals surface area contributed by atoms with Crippen molar-refractivity contribution in [2.45, 2.75) is 26.8 Å². The molecule has 0 atom stereocenters. The molecule has 0 aromatic carbocycles. The highest BCUT2D eigenvalue weighted by molar-refractivity contribution is 7.89. The Morgan fingerprint density at radius 1 is 1.13 bits per heavy atom. The largest absolute Gasteiger partial charge is 0.352 e. The molecule has 0 saturated carbocycles. The normalized spacial score (nSPS) is 17.0. The van der Waals surface area contributed by atoms with Crippen LogP contribution in [0.25, 0.3) is 11.2 Å². The molecule has 1 fully saturated rings. The summed E-state index contributed by atoms with van der Waals surface area (Å²) in [5.41, 5.74) is 1.37. The Morgan fingerprint density at radius 2 is 1.87 bits per heavy atom. The third-order valence-electron chi connectivity index (χ3n) is 3.97. The molecule has 2 aromatic heterocycles. The molecular weight excluding hydrogens is 318 g/mol. The molecule has 0 bridgehead atoms. The topological polar surface area (TPSA) is 97.1 Å². The highest BCUT2D eigenvalue weighted by Crippen LogP contribution is 2.22. The fourth-order valence-electron chi connectivity index (χ4n) is 2.79.